The lowest BCUT2D eigenvalue weighted by Gasteiger charge is -2.35. The summed E-state index contributed by atoms with van der Waals surface area (Å²) in [6, 6.07) is 90.3. The highest BCUT2D eigenvalue weighted by Gasteiger charge is 2.41. The minimum Gasteiger partial charge on any atom is -0.453 e. The van der Waals surface area contributed by atoms with Gasteiger partial charge in [0, 0.05) is 21.6 Å². The monoisotopic (exact) mass is 1070 g/mol. The summed E-state index contributed by atoms with van der Waals surface area (Å²) in [5, 5.41) is 15.0. The maximum absolute atomic E-state index is 6.94. The third kappa shape index (κ3) is 5.82. The first-order valence-corrected chi connectivity index (χ1v) is 29.4. The Kier molecular flexibility index (Phi) is 8.90. The van der Waals surface area contributed by atoms with Crippen LogP contribution in [0.5, 0.6) is 23.0 Å². The lowest BCUT2D eigenvalue weighted by molar-refractivity contribution is 0.476. The molecule has 0 N–H and O–H groups in total. The molecule has 4 aliphatic rings. The van der Waals surface area contributed by atoms with Crippen LogP contribution < -0.4 is 19.3 Å². The quantitative estimate of drug-likeness (QED) is 0.175. The predicted molar refractivity (Wildman–Crippen MR) is 349 cm³/mol. The van der Waals surface area contributed by atoms with Crippen LogP contribution in [0.4, 0.5) is 34.1 Å². The lowest BCUT2D eigenvalue weighted by Crippen LogP contribution is -2.19. The highest BCUT2D eigenvalue weighted by molar-refractivity contribution is 6.47. The normalized spacial score (nSPS) is 14.8. The molecule has 19 rings (SSSR count). The number of hydrogen-bond donors (Lipinski definition) is 0. The van der Waals surface area contributed by atoms with E-state index in [4.69, 9.17) is 9.47 Å². The zero-order valence-electron chi connectivity index (χ0n) is 46.8. The minimum absolute atomic E-state index is 0.190. The van der Waals surface area contributed by atoms with E-state index in [0.29, 0.717) is 0 Å². The molecule has 15 aromatic rings. The number of hydrogen-bond acceptors (Lipinski definition) is 4. The van der Waals surface area contributed by atoms with Crippen molar-refractivity contribution in [3.05, 3.63) is 265 Å². The van der Waals surface area contributed by atoms with Crippen LogP contribution in [-0.4, -0.2) is 0 Å². The second kappa shape index (κ2) is 16.2. The molecule has 0 saturated carbocycles. The van der Waals surface area contributed by atoms with E-state index in [2.05, 4.69) is 280 Å². The van der Waals surface area contributed by atoms with Crippen molar-refractivity contribution < 1.29 is 9.47 Å². The third-order valence-electron chi connectivity index (χ3n) is 19.7. The standard InChI is InChI=1S/C80H52N2O2/c1-79(2)57-31-13-11-25-47(57)55-41-69-65(43-59(55)79)81(63-33-15-17-35-67(63)83-69)61-39-37-53-73-49(61)27-19-29-51(73)75-71(45-21-7-5-8-22-45)78-54-38-40-62(50-28-20-30-52(74(50)54)76(78)72(77(53)75)46-23-9-6-10-24-46)82-64-34-16-18-36-68(64)84-70-42-56-48-26-12-14-32-58(48)80(3,4)60(56)44-66(70)82/h5-44H,1-4H3. The fraction of sp³-hybridized carbons (Fsp3) is 0.0750. The van der Waals surface area contributed by atoms with Crippen LogP contribution in [0.1, 0.15) is 49.9 Å². The van der Waals surface area contributed by atoms with Crippen molar-refractivity contribution in [1.82, 2.24) is 0 Å². The Balaban J connectivity index is 0.902. The van der Waals surface area contributed by atoms with E-state index in [-0.39, 0.29) is 10.8 Å². The van der Waals surface area contributed by atoms with Crippen molar-refractivity contribution >= 4 is 98.8 Å². The van der Waals surface area contributed by atoms with Gasteiger partial charge >= 0.3 is 0 Å². The molecule has 84 heavy (non-hydrogen) atoms. The first kappa shape index (κ1) is 46.2. The zero-order valence-corrected chi connectivity index (χ0v) is 46.8. The van der Waals surface area contributed by atoms with Gasteiger partial charge in [0.2, 0.25) is 0 Å². The molecule has 0 spiro atoms. The molecular weight excluding hydrogens is 1020 g/mol. The molecule has 0 saturated heterocycles. The predicted octanol–water partition coefficient (Wildman–Crippen LogP) is 22.6. The largest absolute Gasteiger partial charge is 0.453 e. The van der Waals surface area contributed by atoms with Crippen LogP contribution in [-0.2, 0) is 10.8 Å². The van der Waals surface area contributed by atoms with Crippen LogP contribution in [0.3, 0.4) is 0 Å². The third-order valence-corrected chi connectivity index (χ3v) is 19.7. The van der Waals surface area contributed by atoms with Crippen LogP contribution in [0.2, 0.25) is 0 Å². The van der Waals surface area contributed by atoms with E-state index < -0.39 is 0 Å². The molecule has 2 aliphatic carbocycles. The number of fused-ring (bicyclic) bond motifs is 16. The topological polar surface area (TPSA) is 24.9 Å². The molecule has 4 nitrogen and oxygen atoms in total. The lowest BCUT2D eigenvalue weighted by atomic mass is 9.82. The number of ether oxygens (including phenoxy) is 2. The van der Waals surface area contributed by atoms with Crippen molar-refractivity contribution in [2.45, 2.75) is 38.5 Å². The van der Waals surface area contributed by atoms with Gasteiger partial charge in [-0.2, -0.15) is 0 Å². The van der Waals surface area contributed by atoms with E-state index in [1.165, 1.54) is 131 Å². The number of rotatable bonds is 4. The zero-order chi connectivity index (χ0) is 55.5. The summed E-state index contributed by atoms with van der Waals surface area (Å²) in [5.41, 5.74) is 21.2. The molecule has 15 aromatic carbocycles. The Morgan fingerprint density at radius 2 is 0.619 bits per heavy atom. The van der Waals surface area contributed by atoms with Gasteiger partial charge in [-0.3, -0.25) is 0 Å². The van der Waals surface area contributed by atoms with E-state index in [0.717, 1.165) is 57.1 Å². The molecule has 0 radical (unpaired) electrons. The summed E-state index contributed by atoms with van der Waals surface area (Å²) in [6.07, 6.45) is 0. The Bertz CT molecular complexity index is 4990. The summed E-state index contributed by atoms with van der Waals surface area (Å²) in [5.74, 6) is 3.40. The molecule has 0 aromatic heterocycles. The van der Waals surface area contributed by atoms with E-state index in [1.807, 2.05) is 0 Å². The first-order chi connectivity index (χ1) is 41.2. The molecule has 0 atom stereocenters. The molecule has 0 unspecified atom stereocenters. The Morgan fingerprint density at radius 1 is 0.250 bits per heavy atom. The Hall–Kier alpha value is -10.4. The van der Waals surface area contributed by atoms with Crippen LogP contribution >= 0.6 is 0 Å². The summed E-state index contributed by atoms with van der Waals surface area (Å²) >= 11 is 0. The second-order valence-corrected chi connectivity index (χ2v) is 24.6. The van der Waals surface area contributed by atoms with Crippen molar-refractivity contribution in [2.75, 3.05) is 9.80 Å². The summed E-state index contributed by atoms with van der Waals surface area (Å²) in [7, 11) is 0. The summed E-state index contributed by atoms with van der Waals surface area (Å²) in [6.45, 7) is 9.44. The minimum atomic E-state index is -0.190. The highest BCUT2D eigenvalue weighted by atomic mass is 16.5. The molecule has 0 amide bonds. The Morgan fingerprint density at radius 3 is 1.06 bits per heavy atom. The van der Waals surface area contributed by atoms with Gasteiger partial charge in [0.15, 0.2) is 23.0 Å². The van der Waals surface area contributed by atoms with Gasteiger partial charge in [-0.25, -0.2) is 0 Å². The van der Waals surface area contributed by atoms with Gasteiger partial charge in [0.25, 0.3) is 0 Å². The molecule has 2 aliphatic heterocycles. The van der Waals surface area contributed by atoms with Crippen LogP contribution in [0.25, 0.3) is 109 Å². The molecule has 394 valence electrons. The average molecular weight is 1070 g/mol. The van der Waals surface area contributed by atoms with Crippen molar-refractivity contribution in [3.63, 3.8) is 0 Å². The fourth-order valence-electron chi connectivity index (χ4n) is 16.0. The van der Waals surface area contributed by atoms with Gasteiger partial charge in [0.05, 0.1) is 34.1 Å². The second-order valence-electron chi connectivity index (χ2n) is 24.6. The van der Waals surface area contributed by atoms with Crippen LogP contribution in [0, 0.1) is 0 Å². The van der Waals surface area contributed by atoms with E-state index in [1.54, 1.807) is 0 Å². The molecule has 0 bridgehead atoms. The molecule has 0 fully saturated rings. The smallest absolute Gasteiger partial charge is 0.152 e. The molecular formula is C80H52N2O2. The van der Waals surface area contributed by atoms with Gasteiger partial charge in [-0.15, -0.1) is 0 Å². The fourth-order valence-corrected chi connectivity index (χ4v) is 16.0. The van der Waals surface area contributed by atoms with Gasteiger partial charge in [-0.05, 0) is 181 Å². The van der Waals surface area contributed by atoms with Gasteiger partial charge in [-0.1, -0.05) is 210 Å². The van der Waals surface area contributed by atoms with E-state index >= 15 is 0 Å². The average Bonchev–Trinajstić information content (AvgIpc) is 1.82. The van der Waals surface area contributed by atoms with Crippen molar-refractivity contribution in [2.24, 2.45) is 0 Å². The maximum Gasteiger partial charge on any atom is 0.152 e. The van der Waals surface area contributed by atoms with Crippen molar-refractivity contribution in [1.29, 1.82) is 0 Å². The van der Waals surface area contributed by atoms with Gasteiger partial charge < -0.3 is 19.3 Å². The van der Waals surface area contributed by atoms with Crippen LogP contribution in [0.15, 0.2) is 243 Å². The highest BCUT2D eigenvalue weighted by Crippen LogP contribution is 2.63. The van der Waals surface area contributed by atoms with E-state index in [9.17, 15) is 0 Å². The number of anilines is 6. The number of benzene rings is 13. The molecule has 2 heterocycles. The number of para-hydroxylation sites is 4. The summed E-state index contributed by atoms with van der Waals surface area (Å²) in [4.78, 5) is 4.95. The molecule has 4 heteroatoms. The summed E-state index contributed by atoms with van der Waals surface area (Å²) < 4.78 is 13.9. The van der Waals surface area contributed by atoms with Gasteiger partial charge in [0.1, 0.15) is 0 Å². The number of nitrogens with zero attached hydrogens (tertiary/aromatic N) is 2. The SMILES string of the molecule is CC1(C)c2ccccc2-c2cc3c(cc21)N(c1ccc2c4c(-c5ccccc5)c5c6cccc7c(N8c9ccccc9Oc9cc%10c(cc98)C(C)(C)c8ccccc8-%10)ccc(c5c(-c5ccccc5)c4c4cccc1c42)c76)c1ccccc1O3. The maximum atomic E-state index is 6.94. The first-order valence-electron chi connectivity index (χ1n) is 29.4. The Labute approximate surface area is 486 Å². The van der Waals surface area contributed by atoms with Crippen molar-refractivity contribution in [3.8, 4) is 67.5 Å².